The van der Waals surface area contributed by atoms with Crippen molar-refractivity contribution in [1.82, 2.24) is 14.3 Å². The van der Waals surface area contributed by atoms with E-state index in [-0.39, 0.29) is 11.8 Å². The Hall–Kier alpha value is -2.72. The molecule has 2 fully saturated rings. The molecule has 4 rings (SSSR count). The third kappa shape index (κ3) is 5.31. The van der Waals surface area contributed by atoms with Gasteiger partial charge in [0.05, 0.1) is 24.3 Å². The number of hydrogen-bond donors (Lipinski definition) is 1. The first-order valence-electron chi connectivity index (χ1n) is 10.5. The molecule has 0 bridgehead atoms. The van der Waals surface area contributed by atoms with Crippen molar-refractivity contribution in [2.75, 3.05) is 60.6 Å². The summed E-state index contributed by atoms with van der Waals surface area (Å²) in [6.45, 7) is 4.22. The summed E-state index contributed by atoms with van der Waals surface area (Å²) >= 11 is 0. The molecule has 10 heteroatoms. The summed E-state index contributed by atoms with van der Waals surface area (Å²) in [6, 6.07) is 10.4. The number of amides is 1. The molecular weight excluding hydrogens is 416 g/mol. The van der Waals surface area contributed by atoms with Crippen molar-refractivity contribution in [2.45, 2.75) is 12.8 Å². The van der Waals surface area contributed by atoms with Crippen LogP contribution in [0.25, 0.3) is 0 Å². The molecule has 0 atom stereocenters. The van der Waals surface area contributed by atoms with Gasteiger partial charge in [-0.2, -0.15) is 0 Å². The average molecular weight is 445 g/mol. The highest BCUT2D eigenvalue weighted by atomic mass is 32.2. The molecule has 0 unspecified atom stereocenters. The lowest BCUT2D eigenvalue weighted by atomic mass is 9.97. The van der Waals surface area contributed by atoms with Crippen LogP contribution in [0, 0.1) is 5.92 Å². The largest absolute Gasteiger partial charge is 0.368 e. The summed E-state index contributed by atoms with van der Waals surface area (Å²) in [6.07, 6.45) is 5.51. The van der Waals surface area contributed by atoms with Gasteiger partial charge in [0.25, 0.3) is 0 Å². The van der Waals surface area contributed by atoms with E-state index in [4.69, 9.17) is 0 Å². The van der Waals surface area contributed by atoms with Gasteiger partial charge >= 0.3 is 0 Å². The summed E-state index contributed by atoms with van der Waals surface area (Å²) in [5.74, 6) is 0.344. The second kappa shape index (κ2) is 9.19. The van der Waals surface area contributed by atoms with E-state index in [2.05, 4.69) is 37.2 Å². The van der Waals surface area contributed by atoms with Crippen LogP contribution >= 0.6 is 0 Å². The number of carbonyl (C=O) groups is 1. The molecule has 9 nitrogen and oxygen atoms in total. The number of carbonyl (C=O) groups excluding carboxylic acids is 1. The fourth-order valence-corrected chi connectivity index (χ4v) is 4.92. The first-order chi connectivity index (χ1) is 14.9. The number of piperidine rings is 1. The molecule has 0 spiro atoms. The topological polar surface area (TPSA) is 98.7 Å². The summed E-state index contributed by atoms with van der Waals surface area (Å²) in [5, 5.41) is 2.87. The van der Waals surface area contributed by atoms with Crippen molar-refractivity contribution in [3.8, 4) is 0 Å². The van der Waals surface area contributed by atoms with Crippen molar-refractivity contribution >= 4 is 33.3 Å². The van der Waals surface area contributed by atoms with Crippen LogP contribution in [-0.4, -0.2) is 74.1 Å². The second-order valence-electron chi connectivity index (χ2n) is 8.01. The predicted molar refractivity (Wildman–Crippen MR) is 121 cm³/mol. The number of anilines is 3. The first-order valence-corrected chi connectivity index (χ1v) is 12.4. The van der Waals surface area contributed by atoms with Crippen LogP contribution in [0.5, 0.6) is 0 Å². The number of sulfonamides is 1. The van der Waals surface area contributed by atoms with Crippen LogP contribution in [0.15, 0.2) is 42.7 Å². The Labute approximate surface area is 183 Å². The number of hydrogen-bond acceptors (Lipinski definition) is 7. The Morgan fingerprint density at radius 1 is 0.935 bits per heavy atom. The zero-order chi connectivity index (χ0) is 21.8. The molecule has 1 aromatic heterocycles. The van der Waals surface area contributed by atoms with Gasteiger partial charge in [-0.3, -0.25) is 4.79 Å². The SMILES string of the molecule is CS(=O)(=O)N1CCC(C(=O)Nc2cnc(N3CCN(c4ccccc4)CC3)nc2)CC1. The number of para-hydroxylation sites is 1. The molecule has 0 radical (unpaired) electrons. The first kappa shape index (κ1) is 21.5. The molecular formula is C21H28N6O3S. The van der Waals surface area contributed by atoms with Crippen molar-refractivity contribution in [3.05, 3.63) is 42.7 Å². The molecule has 31 heavy (non-hydrogen) atoms. The molecule has 166 valence electrons. The molecule has 1 aromatic carbocycles. The van der Waals surface area contributed by atoms with E-state index < -0.39 is 10.0 Å². The third-order valence-corrected chi connectivity index (χ3v) is 7.19. The molecule has 2 aromatic rings. The van der Waals surface area contributed by atoms with Crippen LogP contribution in [0.4, 0.5) is 17.3 Å². The lowest BCUT2D eigenvalue weighted by molar-refractivity contribution is -0.120. The number of aromatic nitrogens is 2. The fourth-order valence-electron chi connectivity index (χ4n) is 4.05. The van der Waals surface area contributed by atoms with Crippen LogP contribution in [0.3, 0.4) is 0 Å². The minimum atomic E-state index is -3.19. The van der Waals surface area contributed by atoms with Crippen molar-refractivity contribution in [1.29, 1.82) is 0 Å². The second-order valence-corrected chi connectivity index (χ2v) is 9.99. The molecule has 2 aliphatic heterocycles. The van der Waals surface area contributed by atoms with E-state index in [1.807, 2.05) is 18.2 Å². The maximum atomic E-state index is 12.5. The van der Waals surface area contributed by atoms with Gasteiger partial charge in [0.15, 0.2) is 0 Å². The van der Waals surface area contributed by atoms with Gasteiger partial charge in [-0.15, -0.1) is 0 Å². The van der Waals surface area contributed by atoms with Gasteiger partial charge in [-0.25, -0.2) is 22.7 Å². The van der Waals surface area contributed by atoms with E-state index in [1.54, 1.807) is 12.4 Å². The lowest BCUT2D eigenvalue weighted by Gasteiger charge is -2.36. The standard InChI is InChI=1S/C21H28N6O3S/c1-31(29,30)27-9-7-17(8-10-27)20(28)24-18-15-22-21(23-16-18)26-13-11-25(12-14-26)19-5-3-2-4-6-19/h2-6,15-17H,7-14H2,1H3,(H,24,28). The van der Waals surface area contributed by atoms with E-state index >= 15 is 0 Å². The molecule has 1 N–H and O–H groups in total. The Morgan fingerprint density at radius 2 is 1.52 bits per heavy atom. The Morgan fingerprint density at radius 3 is 2.10 bits per heavy atom. The lowest BCUT2D eigenvalue weighted by Crippen LogP contribution is -2.47. The average Bonchev–Trinajstić information content (AvgIpc) is 2.80. The van der Waals surface area contributed by atoms with Gasteiger partial charge in [-0.1, -0.05) is 18.2 Å². The number of nitrogens with one attached hydrogen (secondary N) is 1. The van der Waals surface area contributed by atoms with Gasteiger partial charge in [0.1, 0.15) is 0 Å². The Bertz CT molecular complexity index is 984. The minimum absolute atomic E-state index is 0.110. The Balaban J connectivity index is 1.27. The monoisotopic (exact) mass is 444 g/mol. The molecule has 0 saturated carbocycles. The highest BCUT2D eigenvalue weighted by Crippen LogP contribution is 2.22. The van der Waals surface area contributed by atoms with Crippen molar-refractivity contribution in [2.24, 2.45) is 5.92 Å². The predicted octanol–water partition coefficient (Wildman–Crippen LogP) is 1.41. The highest BCUT2D eigenvalue weighted by molar-refractivity contribution is 7.88. The van der Waals surface area contributed by atoms with Gasteiger partial charge < -0.3 is 15.1 Å². The smallest absolute Gasteiger partial charge is 0.227 e. The summed E-state index contributed by atoms with van der Waals surface area (Å²) in [5.41, 5.74) is 1.78. The van der Waals surface area contributed by atoms with Crippen LogP contribution in [-0.2, 0) is 14.8 Å². The van der Waals surface area contributed by atoms with Crippen LogP contribution < -0.4 is 15.1 Å². The minimum Gasteiger partial charge on any atom is -0.368 e. The fraction of sp³-hybridized carbons (Fsp3) is 0.476. The molecule has 2 saturated heterocycles. The van der Waals surface area contributed by atoms with Gasteiger partial charge in [0, 0.05) is 50.9 Å². The molecule has 1 amide bonds. The molecule has 3 heterocycles. The zero-order valence-electron chi connectivity index (χ0n) is 17.6. The quantitative estimate of drug-likeness (QED) is 0.745. The highest BCUT2D eigenvalue weighted by Gasteiger charge is 2.29. The number of nitrogens with zero attached hydrogens (tertiary/aromatic N) is 5. The van der Waals surface area contributed by atoms with Crippen molar-refractivity contribution in [3.63, 3.8) is 0 Å². The van der Waals surface area contributed by atoms with E-state index in [9.17, 15) is 13.2 Å². The number of piperazine rings is 1. The molecule has 0 aliphatic carbocycles. The van der Waals surface area contributed by atoms with E-state index in [0.717, 1.165) is 26.2 Å². The summed E-state index contributed by atoms with van der Waals surface area (Å²) < 4.78 is 24.6. The number of rotatable bonds is 5. The van der Waals surface area contributed by atoms with Gasteiger partial charge in [-0.05, 0) is 25.0 Å². The van der Waals surface area contributed by atoms with E-state index in [0.29, 0.717) is 37.6 Å². The van der Waals surface area contributed by atoms with Gasteiger partial charge in [0.2, 0.25) is 21.9 Å². The summed E-state index contributed by atoms with van der Waals surface area (Å²) in [4.78, 5) is 25.9. The zero-order valence-corrected chi connectivity index (χ0v) is 18.5. The summed E-state index contributed by atoms with van der Waals surface area (Å²) in [7, 11) is -3.19. The third-order valence-electron chi connectivity index (χ3n) is 5.88. The van der Waals surface area contributed by atoms with Crippen LogP contribution in [0.2, 0.25) is 0 Å². The Kier molecular flexibility index (Phi) is 6.38. The van der Waals surface area contributed by atoms with E-state index in [1.165, 1.54) is 16.2 Å². The molecule has 2 aliphatic rings. The van der Waals surface area contributed by atoms with Crippen LogP contribution in [0.1, 0.15) is 12.8 Å². The maximum Gasteiger partial charge on any atom is 0.227 e. The number of benzene rings is 1. The van der Waals surface area contributed by atoms with Crippen molar-refractivity contribution < 1.29 is 13.2 Å². The maximum absolute atomic E-state index is 12.5. The normalized spacial score (nSPS) is 18.7.